The zero-order valence-electron chi connectivity index (χ0n) is 11.4. The largest absolute Gasteiger partial charge is 0.396 e. The van der Waals surface area contributed by atoms with E-state index in [1.807, 2.05) is 42.5 Å². The van der Waals surface area contributed by atoms with Crippen LogP contribution in [0.2, 0.25) is 0 Å². The first-order chi connectivity index (χ1) is 10.2. The predicted molar refractivity (Wildman–Crippen MR) is 84.9 cm³/mol. The Kier molecular flexibility index (Phi) is 3.51. The molecule has 1 aromatic heterocycles. The first kappa shape index (κ1) is 13.1. The SMILES string of the molecule is Nc1cnccc1NC(=O)Cc1cccc2ccccc12. The number of nitrogens with two attached hydrogens (primary N) is 1. The molecule has 1 amide bonds. The minimum Gasteiger partial charge on any atom is -0.396 e. The number of fused-ring (bicyclic) bond motifs is 1. The molecule has 0 aliphatic heterocycles. The lowest BCUT2D eigenvalue weighted by Crippen LogP contribution is -2.15. The van der Waals surface area contributed by atoms with E-state index in [2.05, 4.69) is 10.3 Å². The number of nitrogens with zero attached hydrogens (tertiary/aromatic N) is 1. The van der Waals surface area contributed by atoms with Crippen LogP contribution in [-0.2, 0) is 11.2 Å². The zero-order chi connectivity index (χ0) is 14.7. The van der Waals surface area contributed by atoms with Gasteiger partial charge in [-0.2, -0.15) is 0 Å². The minimum atomic E-state index is -0.0933. The number of pyridine rings is 1. The van der Waals surface area contributed by atoms with Crippen molar-refractivity contribution in [2.75, 3.05) is 11.1 Å². The fourth-order valence-corrected chi connectivity index (χ4v) is 2.33. The molecule has 104 valence electrons. The Morgan fingerprint density at radius 1 is 1.10 bits per heavy atom. The molecule has 0 fully saturated rings. The van der Waals surface area contributed by atoms with Gasteiger partial charge in [-0.1, -0.05) is 42.5 Å². The van der Waals surface area contributed by atoms with Crippen LogP contribution < -0.4 is 11.1 Å². The maximum atomic E-state index is 12.2. The number of carbonyl (C=O) groups is 1. The maximum absolute atomic E-state index is 12.2. The van der Waals surface area contributed by atoms with E-state index in [-0.39, 0.29) is 5.91 Å². The molecule has 2 aromatic carbocycles. The monoisotopic (exact) mass is 277 g/mol. The number of nitrogens with one attached hydrogen (secondary N) is 1. The standard InChI is InChI=1S/C17H15N3O/c18-15-11-19-9-8-16(15)20-17(21)10-13-6-3-5-12-4-1-2-7-14(12)13/h1-9,11H,10,18H2,(H,19,20,21). The second kappa shape index (κ2) is 5.63. The van der Waals surface area contributed by atoms with Crippen LogP contribution in [0.3, 0.4) is 0 Å². The average molecular weight is 277 g/mol. The van der Waals surface area contributed by atoms with Crippen molar-refractivity contribution in [2.24, 2.45) is 0 Å². The van der Waals surface area contributed by atoms with Crippen LogP contribution >= 0.6 is 0 Å². The van der Waals surface area contributed by atoms with Crippen molar-refractivity contribution < 1.29 is 4.79 Å². The Hall–Kier alpha value is -2.88. The molecule has 3 N–H and O–H groups in total. The molecule has 0 aliphatic carbocycles. The maximum Gasteiger partial charge on any atom is 0.228 e. The molecule has 3 aromatic rings. The summed E-state index contributed by atoms with van der Waals surface area (Å²) in [7, 11) is 0. The number of rotatable bonds is 3. The number of benzene rings is 2. The number of anilines is 2. The molecule has 0 bridgehead atoms. The molecule has 21 heavy (non-hydrogen) atoms. The van der Waals surface area contributed by atoms with Crippen LogP contribution in [0.25, 0.3) is 10.8 Å². The molecule has 3 rings (SSSR count). The van der Waals surface area contributed by atoms with Gasteiger partial charge in [0.05, 0.1) is 24.0 Å². The number of amides is 1. The van der Waals surface area contributed by atoms with Gasteiger partial charge < -0.3 is 11.1 Å². The summed E-state index contributed by atoms with van der Waals surface area (Å²) in [6.45, 7) is 0. The van der Waals surface area contributed by atoms with E-state index in [1.165, 1.54) is 6.20 Å². The summed E-state index contributed by atoms with van der Waals surface area (Å²) in [4.78, 5) is 16.1. The van der Waals surface area contributed by atoms with Crippen LogP contribution in [0.15, 0.2) is 60.9 Å². The summed E-state index contributed by atoms with van der Waals surface area (Å²) in [5, 5.41) is 5.05. The molecule has 0 saturated carbocycles. The minimum absolute atomic E-state index is 0.0933. The van der Waals surface area contributed by atoms with Crippen LogP contribution in [0.1, 0.15) is 5.56 Å². The van der Waals surface area contributed by atoms with Crippen molar-refractivity contribution in [3.63, 3.8) is 0 Å². The van der Waals surface area contributed by atoms with Gasteiger partial charge in [0.2, 0.25) is 5.91 Å². The second-order valence-corrected chi connectivity index (χ2v) is 4.83. The van der Waals surface area contributed by atoms with Gasteiger partial charge in [0.15, 0.2) is 0 Å². The predicted octanol–water partition coefficient (Wildman–Crippen LogP) is 3.00. The van der Waals surface area contributed by atoms with Crippen molar-refractivity contribution in [3.8, 4) is 0 Å². The van der Waals surface area contributed by atoms with E-state index < -0.39 is 0 Å². The highest BCUT2D eigenvalue weighted by atomic mass is 16.1. The van der Waals surface area contributed by atoms with Gasteiger partial charge in [0, 0.05) is 6.20 Å². The number of carbonyl (C=O) groups excluding carboxylic acids is 1. The smallest absolute Gasteiger partial charge is 0.228 e. The fourth-order valence-electron chi connectivity index (χ4n) is 2.33. The van der Waals surface area contributed by atoms with E-state index in [9.17, 15) is 4.79 Å². The summed E-state index contributed by atoms with van der Waals surface area (Å²) in [6.07, 6.45) is 3.43. The van der Waals surface area contributed by atoms with Gasteiger partial charge >= 0.3 is 0 Å². The average Bonchev–Trinajstić information content (AvgIpc) is 2.50. The highest BCUT2D eigenvalue weighted by Crippen LogP contribution is 2.20. The van der Waals surface area contributed by atoms with Gasteiger partial charge in [-0.05, 0) is 22.4 Å². The zero-order valence-corrected chi connectivity index (χ0v) is 11.4. The van der Waals surface area contributed by atoms with E-state index >= 15 is 0 Å². The van der Waals surface area contributed by atoms with Crippen molar-refractivity contribution in [3.05, 3.63) is 66.5 Å². The number of hydrogen-bond acceptors (Lipinski definition) is 3. The Labute approximate surface area is 122 Å². The van der Waals surface area contributed by atoms with E-state index in [1.54, 1.807) is 12.3 Å². The molecule has 0 aliphatic rings. The van der Waals surface area contributed by atoms with Crippen LogP contribution in [0, 0.1) is 0 Å². The van der Waals surface area contributed by atoms with Gasteiger partial charge in [-0.3, -0.25) is 9.78 Å². The Morgan fingerprint density at radius 3 is 2.76 bits per heavy atom. The summed E-state index contributed by atoms with van der Waals surface area (Å²) >= 11 is 0. The molecule has 0 spiro atoms. The fraction of sp³-hybridized carbons (Fsp3) is 0.0588. The molecule has 0 radical (unpaired) electrons. The number of hydrogen-bond donors (Lipinski definition) is 2. The van der Waals surface area contributed by atoms with E-state index in [0.29, 0.717) is 17.8 Å². The number of aromatic nitrogens is 1. The Balaban J connectivity index is 1.82. The molecule has 0 unspecified atom stereocenters. The Bertz CT molecular complexity index is 793. The van der Waals surface area contributed by atoms with Crippen LogP contribution in [-0.4, -0.2) is 10.9 Å². The second-order valence-electron chi connectivity index (χ2n) is 4.83. The quantitative estimate of drug-likeness (QED) is 0.773. The van der Waals surface area contributed by atoms with Crippen molar-refractivity contribution >= 4 is 28.1 Å². The first-order valence-corrected chi connectivity index (χ1v) is 6.70. The van der Waals surface area contributed by atoms with Gasteiger partial charge in [-0.15, -0.1) is 0 Å². The lowest BCUT2D eigenvalue weighted by Gasteiger charge is -2.09. The molecule has 0 atom stereocenters. The first-order valence-electron chi connectivity index (χ1n) is 6.70. The third-order valence-corrected chi connectivity index (χ3v) is 3.36. The highest BCUT2D eigenvalue weighted by Gasteiger charge is 2.08. The van der Waals surface area contributed by atoms with Crippen molar-refractivity contribution in [1.82, 2.24) is 4.98 Å². The molecular weight excluding hydrogens is 262 g/mol. The third-order valence-electron chi connectivity index (χ3n) is 3.36. The lowest BCUT2D eigenvalue weighted by atomic mass is 10.0. The molecule has 4 heteroatoms. The molecular formula is C17H15N3O. The third kappa shape index (κ3) is 2.84. The van der Waals surface area contributed by atoms with Crippen molar-refractivity contribution in [1.29, 1.82) is 0 Å². The van der Waals surface area contributed by atoms with E-state index in [4.69, 9.17) is 5.73 Å². The molecule has 0 saturated heterocycles. The molecule has 1 heterocycles. The number of nitrogen functional groups attached to an aromatic ring is 1. The molecule has 4 nitrogen and oxygen atoms in total. The normalized spacial score (nSPS) is 10.5. The summed E-state index contributed by atoms with van der Waals surface area (Å²) in [5.74, 6) is -0.0933. The summed E-state index contributed by atoms with van der Waals surface area (Å²) < 4.78 is 0. The summed E-state index contributed by atoms with van der Waals surface area (Å²) in [5.41, 5.74) is 7.83. The Morgan fingerprint density at radius 2 is 1.90 bits per heavy atom. The lowest BCUT2D eigenvalue weighted by molar-refractivity contribution is -0.115. The van der Waals surface area contributed by atoms with Crippen molar-refractivity contribution in [2.45, 2.75) is 6.42 Å². The van der Waals surface area contributed by atoms with Gasteiger partial charge in [-0.25, -0.2) is 0 Å². The van der Waals surface area contributed by atoms with E-state index in [0.717, 1.165) is 16.3 Å². The highest BCUT2D eigenvalue weighted by molar-refractivity contribution is 5.97. The van der Waals surface area contributed by atoms with Gasteiger partial charge in [0.1, 0.15) is 0 Å². The summed E-state index contributed by atoms with van der Waals surface area (Å²) in [6, 6.07) is 15.7. The van der Waals surface area contributed by atoms with Crippen LogP contribution in [0.4, 0.5) is 11.4 Å². The topological polar surface area (TPSA) is 68.0 Å². The van der Waals surface area contributed by atoms with Crippen LogP contribution in [0.5, 0.6) is 0 Å². The van der Waals surface area contributed by atoms with Gasteiger partial charge in [0.25, 0.3) is 0 Å².